The number of rotatable bonds is 7. The van der Waals surface area contributed by atoms with Gasteiger partial charge in [-0.3, -0.25) is 0 Å². The van der Waals surface area contributed by atoms with Gasteiger partial charge in [0.2, 0.25) is 5.92 Å². The lowest BCUT2D eigenvalue weighted by atomic mass is 9.81. The van der Waals surface area contributed by atoms with Crippen LogP contribution in [0.3, 0.4) is 0 Å². The Labute approximate surface area is 192 Å². The minimum Gasteiger partial charge on any atom is -0.385 e. The molecule has 0 bridgehead atoms. The summed E-state index contributed by atoms with van der Waals surface area (Å²) in [5, 5.41) is 6.28. The third kappa shape index (κ3) is 5.09. The normalized spacial score (nSPS) is 23.3. The summed E-state index contributed by atoms with van der Waals surface area (Å²) in [6.07, 6.45) is -1.03. The number of nitrogens with two attached hydrogens (primary N) is 1. The molecule has 3 N–H and O–H groups in total. The van der Waals surface area contributed by atoms with Crippen molar-refractivity contribution in [3.63, 3.8) is 0 Å². The molecule has 13 heteroatoms. The fraction of sp³-hybridized carbons (Fsp3) is 0.667. The smallest absolute Gasteiger partial charge is 0.385 e. The number of hydrogen-bond donors (Lipinski definition) is 2. The lowest BCUT2D eigenvalue weighted by Crippen LogP contribution is -2.40. The van der Waals surface area contributed by atoms with Gasteiger partial charge in [0, 0.05) is 26.6 Å². The maximum absolute atomic E-state index is 13.5. The molecule has 2 aliphatic rings. The number of nitrogens with zero attached hydrogens (tertiary/aromatic N) is 4. The summed E-state index contributed by atoms with van der Waals surface area (Å²) >= 11 is 0. The van der Waals surface area contributed by atoms with Crippen molar-refractivity contribution in [2.75, 3.05) is 20.3 Å². The molecule has 2 aromatic heterocycles. The van der Waals surface area contributed by atoms with Crippen LogP contribution in [-0.4, -0.2) is 63.9 Å². The molecule has 34 heavy (non-hydrogen) atoms. The van der Waals surface area contributed by atoms with E-state index in [0.29, 0.717) is 29.7 Å². The van der Waals surface area contributed by atoms with E-state index in [2.05, 4.69) is 10.1 Å². The Morgan fingerprint density at radius 1 is 1.32 bits per heavy atom. The Morgan fingerprint density at radius 2 is 2.03 bits per heavy atom. The van der Waals surface area contributed by atoms with Gasteiger partial charge in [0.25, 0.3) is 0 Å². The number of amides is 2. The van der Waals surface area contributed by atoms with Crippen LogP contribution in [0.5, 0.6) is 0 Å². The number of carbonyl (C=O) groups excluding carboxylic acids is 1. The van der Waals surface area contributed by atoms with Crippen LogP contribution in [0, 0.1) is 5.92 Å². The summed E-state index contributed by atoms with van der Waals surface area (Å²) < 4.78 is 73.0. The van der Waals surface area contributed by atoms with Crippen molar-refractivity contribution in [2.45, 2.75) is 62.3 Å². The third-order valence-electron chi connectivity index (χ3n) is 6.66. The first-order valence-electron chi connectivity index (χ1n) is 11.1. The van der Waals surface area contributed by atoms with E-state index >= 15 is 0 Å². The Morgan fingerprint density at radius 3 is 2.65 bits per heavy atom. The Balaban J connectivity index is 1.57. The average molecular weight is 490 g/mol. The van der Waals surface area contributed by atoms with E-state index in [-0.39, 0.29) is 31.8 Å². The Bertz CT molecular complexity index is 1020. The van der Waals surface area contributed by atoms with Gasteiger partial charge in [0.15, 0.2) is 5.65 Å². The maximum Gasteiger partial charge on any atom is 0.410 e. The topological polar surface area (TPSA) is 97.8 Å². The number of fused-ring (bicyclic) bond motifs is 1. The minimum absolute atomic E-state index is 0.133. The maximum atomic E-state index is 13.5. The standard InChI is InChI=1S/C21H27F5N6O2/c1-34-7-4-15(31-11-16(21(24,25)26)30-19(31)33)13-8-17-29-14(10-32(17)28-9-13)18(27)12-2-5-20(22,23)6-3-12/h8-10,12,15-16,18H,2-7,11,27H2,1H3,(H,30,33)/t15-,16+,18+/m1/s1. The van der Waals surface area contributed by atoms with Gasteiger partial charge in [-0.2, -0.15) is 18.3 Å². The van der Waals surface area contributed by atoms with Crippen LogP contribution < -0.4 is 11.1 Å². The lowest BCUT2D eigenvalue weighted by molar-refractivity contribution is -0.150. The number of methoxy groups -OCH3 is 1. The first kappa shape index (κ1) is 24.6. The molecule has 1 saturated heterocycles. The van der Waals surface area contributed by atoms with Crippen molar-refractivity contribution in [1.82, 2.24) is 24.8 Å². The molecule has 8 nitrogen and oxygen atoms in total. The molecule has 0 spiro atoms. The third-order valence-corrected chi connectivity index (χ3v) is 6.66. The summed E-state index contributed by atoms with van der Waals surface area (Å²) in [7, 11) is 1.46. The van der Waals surface area contributed by atoms with Crippen LogP contribution in [0.1, 0.15) is 55.4 Å². The van der Waals surface area contributed by atoms with Crippen LogP contribution >= 0.6 is 0 Å². The molecule has 1 saturated carbocycles. The molecular formula is C21H27F5N6O2. The highest BCUT2D eigenvalue weighted by molar-refractivity contribution is 5.77. The van der Waals surface area contributed by atoms with E-state index in [1.165, 1.54) is 17.8 Å². The van der Waals surface area contributed by atoms with Gasteiger partial charge < -0.3 is 20.7 Å². The number of hydrogen-bond acceptors (Lipinski definition) is 5. The summed E-state index contributed by atoms with van der Waals surface area (Å²) in [6, 6.07) is -2.38. The van der Waals surface area contributed by atoms with Crippen molar-refractivity contribution < 1.29 is 31.5 Å². The highest BCUT2D eigenvalue weighted by Crippen LogP contribution is 2.40. The first-order valence-corrected chi connectivity index (χ1v) is 11.1. The van der Waals surface area contributed by atoms with E-state index in [0.717, 1.165) is 4.90 Å². The van der Waals surface area contributed by atoms with Gasteiger partial charge in [-0.05, 0) is 36.8 Å². The Kier molecular flexibility index (Phi) is 6.69. The molecular weight excluding hydrogens is 463 g/mol. The molecule has 0 radical (unpaired) electrons. The molecule has 1 aliphatic carbocycles. The molecule has 3 heterocycles. The summed E-state index contributed by atoms with van der Waals surface area (Å²) in [5.41, 5.74) is 7.74. The van der Waals surface area contributed by atoms with E-state index in [1.54, 1.807) is 12.3 Å². The average Bonchev–Trinajstić information content (AvgIpc) is 3.37. The van der Waals surface area contributed by atoms with Crippen molar-refractivity contribution in [1.29, 1.82) is 0 Å². The van der Waals surface area contributed by atoms with E-state index < -0.39 is 42.8 Å². The Hall–Kier alpha value is -2.54. The number of urea groups is 1. The number of ether oxygens (including phenoxy) is 1. The van der Waals surface area contributed by atoms with Gasteiger partial charge >= 0.3 is 12.2 Å². The quantitative estimate of drug-likeness (QED) is 0.579. The molecule has 3 atom stereocenters. The number of nitrogens with one attached hydrogen (secondary N) is 1. The van der Waals surface area contributed by atoms with Gasteiger partial charge in [-0.15, -0.1) is 0 Å². The van der Waals surface area contributed by atoms with Crippen LogP contribution in [0.15, 0.2) is 18.5 Å². The van der Waals surface area contributed by atoms with Crippen LogP contribution in [0.2, 0.25) is 0 Å². The molecule has 4 rings (SSSR count). The lowest BCUT2D eigenvalue weighted by Gasteiger charge is -2.31. The first-order chi connectivity index (χ1) is 16.0. The predicted molar refractivity (Wildman–Crippen MR) is 111 cm³/mol. The summed E-state index contributed by atoms with van der Waals surface area (Å²) in [6.45, 7) is -0.314. The molecule has 2 amide bonds. The zero-order valence-corrected chi connectivity index (χ0v) is 18.6. The van der Waals surface area contributed by atoms with Crippen molar-refractivity contribution in [3.05, 3.63) is 29.7 Å². The summed E-state index contributed by atoms with van der Waals surface area (Å²) in [5.74, 6) is -2.79. The zero-order chi connectivity index (χ0) is 24.7. The van der Waals surface area contributed by atoms with Gasteiger partial charge in [0.1, 0.15) is 6.04 Å². The second-order valence-corrected chi connectivity index (χ2v) is 8.97. The molecule has 2 aromatic rings. The number of halogens is 5. The number of alkyl halides is 5. The molecule has 1 aliphatic heterocycles. The monoisotopic (exact) mass is 490 g/mol. The second kappa shape index (κ2) is 9.25. The number of carbonyl (C=O) groups is 1. The van der Waals surface area contributed by atoms with Crippen molar-refractivity contribution in [2.24, 2.45) is 11.7 Å². The van der Waals surface area contributed by atoms with Crippen LogP contribution in [0.25, 0.3) is 5.65 Å². The molecule has 2 fully saturated rings. The van der Waals surface area contributed by atoms with Crippen LogP contribution in [0.4, 0.5) is 26.7 Å². The van der Waals surface area contributed by atoms with E-state index in [4.69, 9.17) is 10.5 Å². The fourth-order valence-electron chi connectivity index (χ4n) is 4.66. The van der Waals surface area contributed by atoms with Gasteiger partial charge in [0.05, 0.1) is 36.7 Å². The minimum atomic E-state index is -4.56. The fourth-order valence-corrected chi connectivity index (χ4v) is 4.66. The molecule has 188 valence electrons. The zero-order valence-electron chi connectivity index (χ0n) is 18.6. The SMILES string of the molecule is COCC[C@H](c1cnn2cc([C@@H](N)C3CCC(F)(F)CC3)nc2c1)N1C[C@@H](C(F)(F)F)NC1=O. The molecule has 0 unspecified atom stereocenters. The highest BCUT2D eigenvalue weighted by Gasteiger charge is 2.48. The van der Waals surface area contributed by atoms with Crippen molar-refractivity contribution in [3.8, 4) is 0 Å². The van der Waals surface area contributed by atoms with Gasteiger partial charge in [-0.25, -0.2) is 23.1 Å². The largest absolute Gasteiger partial charge is 0.410 e. The second-order valence-electron chi connectivity index (χ2n) is 8.97. The highest BCUT2D eigenvalue weighted by atomic mass is 19.4. The van der Waals surface area contributed by atoms with Gasteiger partial charge in [-0.1, -0.05) is 0 Å². The van der Waals surface area contributed by atoms with Crippen LogP contribution in [-0.2, 0) is 4.74 Å². The summed E-state index contributed by atoms with van der Waals surface area (Å²) in [4.78, 5) is 18.0. The van der Waals surface area contributed by atoms with E-state index in [1.807, 2.05) is 5.32 Å². The van der Waals surface area contributed by atoms with Crippen molar-refractivity contribution >= 4 is 11.7 Å². The molecule has 0 aromatic carbocycles. The number of aromatic nitrogens is 3. The predicted octanol–water partition coefficient (Wildman–Crippen LogP) is 3.59. The number of imidazole rings is 1. The van der Waals surface area contributed by atoms with E-state index in [9.17, 15) is 26.7 Å².